The average Bonchev–Trinajstić information content (AvgIpc) is 3.21. The fraction of sp³-hybridized carbons (Fsp3) is 0.429. The van der Waals surface area contributed by atoms with Crippen LogP contribution in [-0.2, 0) is 11.3 Å². The van der Waals surface area contributed by atoms with Gasteiger partial charge in [0.2, 0.25) is 11.7 Å². The van der Waals surface area contributed by atoms with E-state index in [4.69, 9.17) is 0 Å². The number of carbonyl (C=O) groups excluding carboxylic acids is 1. The van der Waals surface area contributed by atoms with Gasteiger partial charge in [-0.1, -0.05) is 28.1 Å². The van der Waals surface area contributed by atoms with Crippen molar-refractivity contribution in [3.05, 3.63) is 28.7 Å². The van der Waals surface area contributed by atoms with Gasteiger partial charge >= 0.3 is 0 Å². The molecule has 3 rings (SSSR count). The molecule has 0 unspecified atom stereocenters. The van der Waals surface area contributed by atoms with Crippen molar-refractivity contribution < 1.29 is 4.79 Å². The molecule has 0 aliphatic heterocycles. The number of nitrogens with zero attached hydrogens (tertiary/aromatic N) is 4. The first-order chi connectivity index (χ1) is 10.1. The largest absolute Gasteiger partial charge is 0.352 e. The number of hydrogen-bond acceptors (Lipinski definition) is 4. The molecule has 1 aromatic heterocycles. The molecule has 1 N–H and O–H groups in total. The summed E-state index contributed by atoms with van der Waals surface area (Å²) in [5.41, 5.74) is 0.857. The minimum Gasteiger partial charge on any atom is -0.352 e. The lowest BCUT2D eigenvalue weighted by atomic mass is 10.2. The molecule has 21 heavy (non-hydrogen) atoms. The summed E-state index contributed by atoms with van der Waals surface area (Å²) in [7, 11) is 0. The number of amides is 1. The number of nitrogens with one attached hydrogen (secondary N) is 1. The first kappa shape index (κ1) is 14.2. The van der Waals surface area contributed by atoms with Crippen molar-refractivity contribution in [2.24, 2.45) is 5.92 Å². The van der Waals surface area contributed by atoms with Gasteiger partial charge in [0.05, 0.1) is 0 Å². The van der Waals surface area contributed by atoms with Crippen molar-refractivity contribution in [1.82, 2.24) is 25.5 Å². The lowest BCUT2D eigenvalue weighted by Gasteiger charge is -2.11. The molecule has 7 heteroatoms. The second-order valence-corrected chi connectivity index (χ2v) is 6.17. The zero-order valence-corrected chi connectivity index (χ0v) is 13.2. The molecule has 0 bridgehead atoms. The maximum absolute atomic E-state index is 11.9. The van der Waals surface area contributed by atoms with Crippen LogP contribution in [0.15, 0.2) is 28.7 Å². The summed E-state index contributed by atoms with van der Waals surface area (Å²) in [5, 5.41) is 15.2. The SMILES string of the molecule is C[C@@H](NC(=O)Cn1nnc(-c2ccccc2Br)n1)C1CC1. The minimum atomic E-state index is -0.0783. The average molecular weight is 350 g/mol. The molecule has 0 saturated heterocycles. The molecule has 0 radical (unpaired) electrons. The van der Waals surface area contributed by atoms with Gasteiger partial charge in [0.25, 0.3) is 0 Å². The molecule has 1 amide bonds. The van der Waals surface area contributed by atoms with E-state index in [0.29, 0.717) is 11.7 Å². The molecular formula is C14H16BrN5O. The van der Waals surface area contributed by atoms with Crippen molar-refractivity contribution in [1.29, 1.82) is 0 Å². The third-order valence-corrected chi connectivity index (χ3v) is 4.26. The summed E-state index contributed by atoms with van der Waals surface area (Å²) in [4.78, 5) is 13.2. The molecule has 0 spiro atoms. The van der Waals surface area contributed by atoms with E-state index in [9.17, 15) is 4.79 Å². The number of halogens is 1. The van der Waals surface area contributed by atoms with Gasteiger partial charge in [-0.3, -0.25) is 4.79 Å². The van der Waals surface area contributed by atoms with Gasteiger partial charge in [-0.05, 0) is 43.0 Å². The van der Waals surface area contributed by atoms with Crippen LogP contribution in [-0.4, -0.2) is 32.2 Å². The summed E-state index contributed by atoms with van der Waals surface area (Å²) in [5.74, 6) is 1.06. The van der Waals surface area contributed by atoms with E-state index in [1.54, 1.807) is 0 Å². The maximum atomic E-state index is 11.9. The van der Waals surface area contributed by atoms with Gasteiger partial charge in [-0.15, -0.1) is 10.2 Å². The van der Waals surface area contributed by atoms with Crippen LogP contribution >= 0.6 is 15.9 Å². The third kappa shape index (κ3) is 3.47. The van der Waals surface area contributed by atoms with E-state index in [1.165, 1.54) is 17.6 Å². The van der Waals surface area contributed by atoms with Crippen LogP contribution in [0.3, 0.4) is 0 Å². The monoisotopic (exact) mass is 349 g/mol. The molecule has 1 fully saturated rings. The normalized spacial score (nSPS) is 15.7. The van der Waals surface area contributed by atoms with Crippen LogP contribution in [0.2, 0.25) is 0 Å². The van der Waals surface area contributed by atoms with Gasteiger partial charge in [0.1, 0.15) is 6.54 Å². The quantitative estimate of drug-likeness (QED) is 0.896. The van der Waals surface area contributed by atoms with Crippen molar-refractivity contribution in [2.75, 3.05) is 0 Å². The highest BCUT2D eigenvalue weighted by molar-refractivity contribution is 9.10. The second-order valence-electron chi connectivity index (χ2n) is 5.32. The molecule has 1 aliphatic rings. The summed E-state index contributed by atoms with van der Waals surface area (Å²) in [6, 6.07) is 7.87. The maximum Gasteiger partial charge on any atom is 0.243 e. The Morgan fingerprint density at radius 3 is 2.95 bits per heavy atom. The molecule has 6 nitrogen and oxygen atoms in total. The Morgan fingerprint density at radius 1 is 1.48 bits per heavy atom. The van der Waals surface area contributed by atoms with Gasteiger partial charge < -0.3 is 5.32 Å². The first-order valence-corrected chi connectivity index (χ1v) is 7.75. The Morgan fingerprint density at radius 2 is 2.24 bits per heavy atom. The zero-order valence-electron chi connectivity index (χ0n) is 11.7. The molecule has 1 saturated carbocycles. The molecule has 110 valence electrons. The summed E-state index contributed by atoms with van der Waals surface area (Å²) in [6.45, 7) is 2.13. The number of benzene rings is 1. The standard InChI is InChI=1S/C14H16BrN5O/c1-9(10-6-7-10)16-13(21)8-20-18-14(17-19-20)11-4-2-3-5-12(11)15/h2-5,9-10H,6-8H2,1H3,(H,16,21)/t9-/m1/s1. The Labute approximate surface area is 131 Å². The van der Waals surface area contributed by atoms with Gasteiger partial charge in [-0.25, -0.2) is 0 Å². The summed E-state index contributed by atoms with van der Waals surface area (Å²) < 4.78 is 0.899. The topological polar surface area (TPSA) is 72.7 Å². The van der Waals surface area contributed by atoms with E-state index < -0.39 is 0 Å². The van der Waals surface area contributed by atoms with E-state index in [2.05, 4.69) is 36.7 Å². The van der Waals surface area contributed by atoms with Crippen LogP contribution in [0.25, 0.3) is 11.4 Å². The van der Waals surface area contributed by atoms with Crippen LogP contribution in [0.5, 0.6) is 0 Å². The highest BCUT2D eigenvalue weighted by Crippen LogP contribution is 2.32. The van der Waals surface area contributed by atoms with Gasteiger partial charge in [-0.2, -0.15) is 4.80 Å². The van der Waals surface area contributed by atoms with Crippen LogP contribution in [0, 0.1) is 5.92 Å². The van der Waals surface area contributed by atoms with Crippen LogP contribution in [0.1, 0.15) is 19.8 Å². The number of carbonyl (C=O) groups is 1. The van der Waals surface area contributed by atoms with Crippen molar-refractivity contribution in [3.8, 4) is 11.4 Å². The predicted molar refractivity (Wildman–Crippen MR) is 81.3 cm³/mol. The number of hydrogen-bond donors (Lipinski definition) is 1. The number of aromatic nitrogens is 4. The van der Waals surface area contributed by atoms with E-state index >= 15 is 0 Å². The smallest absolute Gasteiger partial charge is 0.243 e. The van der Waals surface area contributed by atoms with Gasteiger partial charge in [0.15, 0.2) is 0 Å². The van der Waals surface area contributed by atoms with Crippen molar-refractivity contribution in [2.45, 2.75) is 32.4 Å². The Balaban J connectivity index is 1.65. The molecule has 1 aromatic carbocycles. The Hall–Kier alpha value is -1.76. The lowest BCUT2D eigenvalue weighted by Crippen LogP contribution is -2.36. The molecular weight excluding hydrogens is 334 g/mol. The van der Waals surface area contributed by atoms with E-state index in [1.807, 2.05) is 31.2 Å². The summed E-state index contributed by atoms with van der Waals surface area (Å²) >= 11 is 3.45. The lowest BCUT2D eigenvalue weighted by molar-refractivity contribution is -0.122. The third-order valence-electron chi connectivity index (χ3n) is 3.57. The Kier molecular flexibility index (Phi) is 4.01. The van der Waals surface area contributed by atoms with E-state index in [0.717, 1.165) is 10.0 Å². The molecule has 1 heterocycles. The highest BCUT2D eigenvalue weighted by Gasteiger charge is 2.28. The fourth-order valence-electron chi connectivity index (χ4n) is 2.20. The summed E-state index contributed by atoms with van der Waals surface area (Å²) in [6.07, 6.45) is 2.41. The predicted octanol–water partition coefficient (Wildman–Crippen LogP) is 2.02. The molecule has 2 aromatic rings. The molecule has 1 aliphatic carbocycles. The second kappa shape index (κ2) is 5.93. The number of tetrazole rings is 1. The number of rotatable bonds is 5. The van der Waals surface area contributed by atoms with Crippen LogP contribution in [0.4, 0.5) is 0 Å². The first-order valence-electron chi connectivity index (χ1n) is 6.95. The fourth-order valence-corrected chi connectivity index (χ4v) is 2.66. The van der Waals surface area contributed by atoms with Crippen molar-refractivity contribution >= 4 is 21.8 Å². The molecule has 1 atom stereocenters. The Bertz CT molecular complexity index is 652. The van der Waals surface area contributed by atoms with Gasteiger partial charge in [0, 0.05) is 16.1 Å². The van der Waals surface area contributed by atoms with Crippen molar-refractivity contribution in [3.63, 3.8) is 0 Å². The van der Waals surface area contributed by atoms with Crippen LogP contribution < -0.4 is 5.32 Å². The minimum absolute atomic E-state index is 0.0783. The van der Waals surface area contributed by atoms with E-state index in [-0.39, 0.29) is 18.5 Å². The highest BCUT2D eigenvalue weighted by atomic mass is 79.9. The zero-order chi connectivity index (χ0) is 14.8.